The highest BCUT2D eigenvalue weighted by Gasteiger charge is 2.17. The molecule has 12 heavy (non-hydrogen) atoms. The van der Waals surface area contributed by atoms with Gasteiger partial charge in [-0.15, -0.1) is 6.58 Å². The first-order valence-corrected chi connectivity index (χ1v) is 4.41. The Morgan fingerprint density at radius 1 is 1.58 bits per heavy atom. The van der Waals surface area contributed by atoms with Crippen LogP contribution in [0.1, 0.15) is 33.1 Å². The van der Waals surface area contributed by atoms with Gasteiger partial charge in [-0.3, -0.25) is 4.79 Å². The second-order valence-electron chi connectivity index (χ2n) is 3.34. The summed E-state index contributed by atoms with van der Waals surface area (Å²) in [5.41, 5.74) is 0. The summed E-state index contributed by atoms with van der Waals surface area (Å²) in [6, 6.07) is 0. The summed E-state index contributed by atoms with van der Waals surface area (Å²) in [5.74, 6) is -0.0203. The second-order valence-corrected chi connectivity index (χ2v) is 3.34. The number of ketones is 1. The third-order valence-corrected chi connectivity index (χ3v) is 1.79. The quantitative estimate of drug-likeness (QED) is 0.488. The normalized spacial score (nSPS) is 13.0. The molecule has 0 bridgehead atoms. The Bertz CT molecular complexity index is 150. The summed E-state index contributed by atoms with van der Waals surface area (Å²) in [4.78, 5) is 11.2. The van der Waals surface area contributed by atoms with Gasteiger partial charge in [-0.25, -0.2) is 0 Å². The number of carbonyl (C=O) groups is 1. The summed E-state index contributed by atoms with van der Waals surface area (Å²) in [7, 11) is 0. The maximum atomic E-state index is 11.2. The highest BCUT2D eigenvalue weighted by atomic mass is 16.3. The molecular weight excluding hydrogens is 152 g/mol. The molecule has 2 nitrogen and oxygen atoms in total. The maximum Gasteiger partial charge on any atom is 0.161 e. The van der Waals surface area contributed by atoms with Gasteiger partial charge in [0.15, 0.2) is 5.78 Å². The SMILES string of the molecule is C=CCCCC(=O)C(O)C(C)C. The van der Waals surface area contributed by atoms with Crippen LogP contribution in [0.2, 0.25) is 0 Å². The van der Waals surface area contributed by atoms with Crippen LogP contribution >= 0.6 is 0 Å². The molecule has 70 valence electrons. The van der Waals surface area contributed by atoms with Crippen molar-refractivity contribution in [3.63, 3.8) is 0 Å². The van der Waals surface area contributed by atoms with Gasteiger partial charge in [-0.05, 0) is 18.8 Å². The lowest BCUT2D eigenvalue weighted by molar-refractivity contribution is -0.129. The molecule has 0 saturated heterocycles. The Morgan fingerprint density at radius 3 is 2.58 bits per heavy atom. The minimum absolute atomic E-state index is 0.0289. The number of unbranched alkanes of at least 4 members (excludes halogenated alkanes) is 1. The molecule has 0 aliphatic heterocycles. The van der Waals surface area contributed by atoms with Crippen LogP contribution < -0.4 is 0 Å². The van der Waals surface area contributed by atoms with Gasteiger partial charge >= 0.3 is 0 Å². The fourth-order valence-electron chi connectivity index (χ4n) is 0.940. The second kappa shape index (κ2) is 5.95. The zero-order chi connectivity index (χ0) is 9.56. The lowest BCUT2D eigenvalue weighted by atomic mass is 10.00. The summed E-state index contributed by atoms with van der Waals surface area (Å²) < 4.78 is 0. The molecule has 0 radical (unpaired) electrons. The Morgan fingerprint density at radius 2 is 2.17 bits per heavy atom. The van der Waals surface area contributed by atoms with Crippen LogP contribution in [0, 0.1) is 5.92 Å². The summed E-state index contributed by atoms with van der Waals surface area (Å²) in [6.07, 6.45) is 3.11. The topological polar surface area (TPSA) is 37.3 Å². The van der Waals surface area contributed by atoms with E-state index in [0.29, 0.717) is 6.42 Å². The van der Waals surface area contributed by atoms with Crippen LogP contribution in [0.3, 0.4) is 0 Å². The zero-order valence-corrected chi connectivity index (χ0v) is 7.92. The van der Waals surface area contributed by atoms with E-state index in [9.17, 15) is 9.90 Å². The van der Waals surface area contributed by atoms with Crippen LogP contribution in [-0.4, -0.2) is 17.0 Å². The van der Waals surface area contributed by atoms with E-state index in [-0.39, 0.29) is 11.7 Å². The van der Waals surface area contributed by atoms with Crippen molar-refractivity contribution in [2.75, 3.05) is 0 Å². The number of rotatable bonds is 6. The van der Waals surface area contributed by atoms with Crippen molar-refractivity contribution in [2.45, 2.75) is 39.2 Å². The molecule has 2 heteroatoms. The van der Waals surface area contributed by atoms with Gasteiger partial charge in [-0.1, -0.05) is 19.9 Å². The Labute approximate surface area is 74.3 Å². The van der Waals surface area contributed by atoms with Gasteiger partial charge in [0.2, 0.25) is 0 Å². The number of carbonyl (C=O) groups excluding carboxylic acids is 1. The van der Waals surface area contributed by atoms with Crippen LogP contribution in [0.5, 0.6) is 0 Å². The summed E-state index contributed by atoms with van der Waals surface area (Å²) in [5, 5.41) is 9.32. The third-order valence-electron chi connectivity index (χ3n) is 1.79. The molecule has 0 saturated carbocycles. The number of Topliss-reactive ketones (excluding diaryl/α,β-unsaturated/α-hetero) is 1. The molecule has 0 fully saturated rings. The molecule has 0 spiro atoms. The molecule has 0 amide bonds. The molecule has 1 N–H and O–H groups in total. The molecular formula is C10H18O2. The Hall–Kier alpha value is -0.630. The molecule has 0 aromatic heterocycles. The van der Waals surface area contributed by atoms with Crippen LogP contribution in [0.4, 0.5) is 0 Å². The molecule has 0 heterocycles. The number of allylic oxidation sites excluding steroid dienone is 1. The number of hydrogen-bond acceptors (Lipinski definition) is 2. The van der Waals surface area contributed by atoms with Crippen molar-refractivity contribution < 1.29 is 9.90 Å². The largest absolute Gasteiger partial charge is 0.385 e. The summed E-state index contributed by atoms with van der Waals surface area (Å²) >= 11 is 0. The molecule has 0 aromatic carbocycles. The first-order valence-electron chi connectivity index (χ1n) is 4.41. The average Bonchev–Trinajstić information content (AvgIpc) is 2.03. The monoisotopic (exact) mass is 170 g/mol. The van der Waals surface area contributed by atoms with Gasteiger partial charge in [0, 0.05) is 6.42 Å². The average molecular weight is 170 g/mol. The van der Waals surface area contributed by atoms with Gasteiger partial charge in [0.25, 0.3) is 0 Å². The van der Waals surface area contributed by atoms with Crippen molar-refractivity contribution in [3.05, 3.63) is 12.7 Å². The number of aliphatic hydroxyl groups excluding tert-OH is 1. The predicted molar refractivity (Wildman–Crippen MR) is 49.9 cm³/mol. The smallest absolute Gasteiger partial charge is 0.161 e. The van der Waals surface area contributed by atoms with E-state index >= 15 is 0 Å². The van der Waals surface area contributed by atoms with Crippen LogP contribution in [-0.2, 0) is 4.79 Å². The highest BCUT2D eigenvalue weighted by Crippen LogP contribution is 2.07. The van der Waals surface area contributed by atoms with Crippen molar-refractivity contribution in [1.29, 1.82) is 0 Å². The standard InChI is InChI=1S/C10H18O2/c1-4-5-6-7-9(11)10(12)8(2)3/h4,8,10,12H,1,5-7H2,2-3H3. The van der Waals surface area contributed by atoms with E-state index in [2.05, 4.69) is 6.58 Å². The highest BCUT2D eigenvalue weighted by molar-refractivity contribution is 5.82. The Kier molecular flexibility index (Phi) is 5.64. The number of aliphatic hydroxyl groups is 1. The van der Waals surface area contributed by atoms with Crippen molar-refractivity contribution in [2.24, 2.45) is 5.92 Å². The first-order chi connectivity index (χ1) is 5.59. The third kappa shape index (κ3) is 4.29. The molecule has 1 atom stereocenters. The van der Waals surface area contributed by atoms with Crippen molar-refractivity contribution >= 4 is 5.78 Å². The minimum Gasteiger partial charge on any atom is -0.385 e. The van der Waals surface area contributed by atoms with E-state index in [0.717, 1.165) is 12.8 Å². The molecule has 0 rings (SSSR count). The van der Waals surface area contributed by atoms with Crippen LogP contribution in [0.25, 0.3) is 0 Å². The van der Waals surface area contributed by atoms with Gasteiger partial charge in [0.1, 0.15) is 6.10 Å². The van der Waals surface area contributed by atoms with Crippen LogP contribution in [0.15, 0.2) is 12.7 Å². The van der Waals surface area contributed by atoms with E-state index in [1.165, 1.54) is 0 Å². The zero-order valence-electron chi connectivity index (χ0n) is 7.92. The van der Waals surface area contributed by atoms with Crippen molar-refractivity contribution in [3.8, 4) is 0 Å². The molecule has 1 unspecified atom stereocenters. The summed E-state index contributed by atoms with van der Waals surface area (Å²) in [6.45, 7) is 7.25. The maximum absolute atomic E-state index is 11.2. The lowest BCUT2D eigenvalue weighted by Crippen LogP contribution is -2.25. The van der Waals surface area contributed by atoms with E-state index in [4.69, 9.17) is 0 Å². The first kappa shape index (κ1) is 11.4. The van der Waals surface area contributed by atoms with Gasteiger partial charge in [-0.2, -0.15) is 0 Å². The van der Waals surface area contributed by atoms with Gasteiger partial charge in [0.05, 0.1) is 0 Å². The molecule has 0 aliphatic carbocycles. The molecule has 0 aliphatic rings. The fourth-order valence-corrected chi connectivity index (χ4v) is 0.940. The molecule has 0 aromatic rings. The fraction of sp³-hybridized carbons (Fsp3) is 0.700. The van der Waals surface area contributed by atoms with Gasteiger partial charge < -0.3 is 5.11 Å². The number of hydrogen-bond donors (Lipinski definition) is 1. The Balaban J connectivity index is 3.64. The lowest BCUT2D eigenvalue weighted by Gasteiger charge is -2.12. The van der Waals surface area contributed by atoms with E-state index in [1.807, 2.05) is 13.8 Å². The van der Waals surface area contributed by atoms with Crippen molar-refractivity contribution in [1.82, 2.24) is 0 Å². The van der Waals surface area contributed by atoms with E-state index in [1.54, 1.807) is 6.08 Å². The van der Waals surface area contributed by atoms with E-state index < -0.39 is 6.10 Å². The minimum atomic E-state index is -0.783. The predicted octanol–water partition coefficient (Wildman–Crippen LogP) is 1.93.